The van der Waals surface area contributed by atoms with Crippen molar-refractivity contribution in [3.8, 4) is 34.5 Å². The summed E-state index contributed by atoms with van der Waals surface area (Å²) in [5, 5.41) is 12.4. The first-order valence-corrected chi connectivity index (χ1v) is 20.5. The number of hydrogen-bond acceptors (Lipinski definition) is 16. The average Bonchev–Trinajstić information content (AvgIpc) is 4.16. The Morgan fingerprint density at radius 3 is 1.67 bits per heavy atom. The van der Waals surface area contributed by atoms with Crippen LogP contribution in [0.4, 0.5) is 5.95 Å². The van der Waals surface area contributed by atoms with Gasteiger partial charge >= 0.3 is 0 Å². The second-order valence-corrected chi connectivity index (χ2v) is 14.7. The minimum absolute atomic E-state index is 0.0121. The van der Waals surface area contributed by atoms with Gasteiger partial charge in [-0.3, -0.25) is 9.36 Å². The van der Waals surface area contributed by atoms with Gasteiger partial charge in [0.25, 0.3) is 0 Å². The number of imidazole rings is 2. The molecule has 8 aromatic heterocycles. The number of aromatic nitrogens is 16. The van der Waals surface area contributed by atoms with Crippen molar-refractivity contribution in [2.24, 2.45) is 14.1 Å². The van der Waals surface area contributed by atoms with Gasteiger partial charge in [-0.15, -0.1) is 0 Å². The predicted molar refractivity (Wildman–Crippen MR) is 228 cm³/mol. The van der Waals surface area contributed by atoms with Crippen LogP contribution in [-0.4, -0.2) is 117 Å². The largest absolute Gasteiger partial charge is 0.471 e. The molecule has 2 saturated heterocycles. The van der Waals surface area contributed by atoms with Gasteiger partial charge in [0.05, 0.1) is 30.1 Å². The maximum Gasteiger partial charge on any atom is 0.245 e. The Kier molecular flexibility index (Phi) is 12.3. The molecule has 2 unspecified atom stereocenters. The van der Waals surface area contributed by atoms with Crippen molar-refractivity contribution >= 4 is 39.9 Å². The summed E-state index contributed by atoms with van der Waals surface area (Å²) in [6.45, 7) is 13.3. The highest BCUT2D eigenvalue weighted by Gasteiger charge is 2.28. The molecule has 0 radical (unpaired) electrons. The standard InChI is InChI=1S/C20H23N9O.C16H21N7O.C4H3ClN2/c1-4-29-13(2)15(10-25-29)17-26-16-18(27(17)3)23-12-24-19(16)30-14-6-9-28(11-14)20-21-7-5-8-22-20;1-4-23-10(2)12(8-20-23)14-21-13-15(22(14)3)18-9-19-16(13)24-11-5-6-17-7-11;5-4-6-2-1-3-7-4/h5,7-8,10,12,14H,4,6,9,11H2,1-3H3;8-9,11,17H,4-7H2,1-3H3;1-3H. The first-order chi connectivity index (χ1) is 29.7. The van der Waals surface area contributed by atoms with Crippen molar-refractivity contribution in [1.29, 1.82) is 0 Å². The maximum atomic E-state index is 6.26. The number of anilines is 1. The average molecular weight is 847 g/mol. The summed E-state index contributed by atoms with van der Waals surface area (Å²) in [6, 6.07) is 3.53. The van der Waals surface area contributed by atoms with E-state index >= 15 is 0 Å². The van der Waals surface area contributed by atoms with E-state index < -0.39 is 0 Å². The van der Waals surface area contributed by atoms with Crippen molar-refractivity contribution in [3.05, 3.63) is 78.6 Å². The molecule has 0 bridgehead atoms. The van der Waals surface area contributed by atoms with Crippen molar-refractivity contribution in [2.75, 3.05) is 31.1 Å². The van der Waals surface area contributed by atoms with Crippen LogP contribution in [0, 0.1) is 13.8 Å². The number of halogens is 1. The monoisotopic (exact) mass is 846 g/mol. The minimum atomic E-state index is -0.0121. The Morgan fingerprint density at radius 1 is 0.689 bits per heavy atom. The number of fused-ring (bicyclic) bond motifs is 2. The Labute approximate surface area is 356 Å². The third kappa shape index (κ3) is 8.67. The zero-order valence-corrected chi connectivity index (χ0v) is 35.6. The lowest BCUT2D eigenvalue weighted by Gasteiger charge is -2.16. The topological polar surface area (TPSA) is 208 Å². The molecule has 2 aliphatic rings. The highest BCUT2D eigenvalue weighted by atomic mass is 35.5. The van der Waals surface area contributed by atoms with Crippen molar-refractivity contribution in [3.63, 3.8) is 0 Å². The van der Waals surface area contributed by atoms with Gasteiger partial charge in [0, 0.05) is 82.9 Å². The Bertz CT molecular complexity index is 2710. The van der Waals surface area contributed by atoms with Crippen LogP contribution in [0.3, 0.4) is 0 Å². The second-order valence-electron chi connectivity index (χ2n) is 14.4. The SMILES string of the molecule is CCn1ncc(-c2nc3c(OC4CCN(c5ncccn5)C4)ncnc3n2C)c1C.CCn1ncc(-c2nc3c(OC4CCNC4)ncnc3n2C)c1C.Clc1ncccn1. The molecule has 1 N–H and O–H groups in total. The van der Waals surface area contributed by atoms with Crippen LogP contribution in [0.15, 0.2) is 62.0 Å². The Balaban J connectivity index is 0.000000148. The van der Waals surface area contributed by atoms with Gasteiger partial charge in [0.15, 0.2) is 22.3 Å². The summed E-state index contributed by atoms with van der Waals surface area (Å²) in [5.41, 5.74) is 7.01. The molecular weight excluding hydrogens is 800 g/mol. The molecular formula is C40H47ClN18O2. The third-order valence-electron chi connectivity index (χ3n) is 10.6. The number of nitrogens with zero attached hydrogens (tertiary/aromatic N) is 17. The summed E-state index contributed by atoms with van der Waals surface area (Å²) >= 11 is 5.32. The lowest BCUT2D eigenvalue weighted by Crippen LogP contribution is -2.26. The van der Waals surface area contributed by atoms with Crippen LogP contribution in [-0.2, 0) is 27.2 Å². The van der Waals surface area contributed by atoms with Gasteiger partial charge < -0.3 is 28.8 Å². The Hall–Kier alpha value is -6.67. The summed E-state index contributed by atoms with van der Waals surface area (Å²) < 4.78 is 20.1. The molecule has 2 aliphatic heterocycles. The molecule has 2 fully saturated rings. The zero-order chi connectivity index (χ0) is 42.5. The van der Waals surface area contributed by atoms with Crippen LogP contribution < -0.4 is 19.7 Å². The molecule has 0 spiro atoms. The van der Waals surface area contributed by atoms with E-state index in [2.05, 4.69) is 81.1 Å². The molecule has 8 aromatic rings. The molecule has 0 amide bonds. The van der Waals surface area contributed by atoms with Crippen molar-refractivity contribution in [2.45, 2.75) is 65.8 Å². The van der Waals surface area contributed by atoms with Gasteiger partial charge in [-0.05, 0) is 64.4 Å². The van der Waals surface area contributed by atoms with E-state index in [9.17, 15) is 0 Å². The van der Waals surface area contributed by atoms with E-state index in [1.54, 1.807) is 30.9 Å². The number of hydrogen-bond donors (Lipinski definition) is 1. The molecule has 10 rings (SSSR count). The first kappa shape index (κ1) is 41.1. The third-order valence-corrected chi connectivity index (χ3v) is 10.8. The molecule has 2 atom stereocenters. The lowest BCUT2D eigenvalue weighted by molar-refractivity contribution is 0.216. The predicted octanol–water partition coefficient (Wildman–Crippen LogP) is 4.43. The molecule has 0 aromatic carbocycles. The molecule has 316 valence electrons. The fourth-order valence-electron chi connectivity index (χ4n) is 7.37. The van der Waals surface area contributed by atoms with Gasteiger partial charge in [-0.1, -0.05) is 0 Å². The van der Waals surface area contributed by atoms with E-state index in [1.807, 2.05) is 58.0 Å². The fraction of sp³-hybridized carbons (Fsp3) is 0.400. The first-order valence-electron chi connectivity index (χ1n) is 20.1. The number of ether oxygens (including phenoxy) is 2. The normalized spacial score (nSPS) is 16.1. The van der Waals surface area contributed by atoms with Crippen LogP contribution in [0.5, 0.6) is 11.8 Å². The molecule has 20 nitrogen and oxygen atoms in total. The second kappa shape index (κ2) is 18.3. The van der Waals surface area contributed by atoms with E-state index in [-0.39, 0.29) is 12.2 Å². The quantitative estimate of drug-likeness (QED) is 0.199. The van der Waals surface area contributed by atoms with Gasteiger partial charge in [0.2, 0.25) is 23.0 Å². The molecule has 10 heterocycles. The van der Waals surface area contributed by atoms with Crippen LogP contribution in [0.25, 0.3) is 45.1 Å². The maximum absolute atomic E-state index is 6.26. The minimum Gasteiger partial charge on any atom is -0.471 e. The van der Waals surface area contributed by atoms with Crippen molar-refractivity contribution in [1.82, 2.24) is 83.9 Å². The Morgan fingerprint density at radius 2 is 1.21 bits per heavy atom. The summed E-state index contributed by atoms with van der Waals surface area (Å²) in [7, 11) is 3.91. The highest BCUT2D eigenvalue weighted by molar-refractivity contribution is 6.28. The van der Waals surface area contributed by atoms with Crippen LogP contribution in [0.1, 0.15) is 38.1 Å². The molecule has 0 saturated carbocycles. The number of aryl methyl sites for hydroxylation is 4. The van der Waals surface area contributed by atoms with Crippen LogP contribution >= 0.6 is 11.6 Å². The van der Waals surface area contributed by atoms with E-state index in [0.717, 1.165) is 97.0 Å². The molecule has 61 heavy (non-hydrogen) atoms. The van der Waals surface area contributed by atoms with Gasteiger partial charge in [-0.25, -0.2) is 39.9 Å². The zero-order valence-electron chi connectivity index (χ0n) is 34.9. The smallest absolute Gasteiger partial charge is 0.245 e. The van der Waals surface area contributed by atoms with Crippen LogP contribution in [0.2, 0.25) is 5.28 Å². The molecule has 21 heteroatoms. The van der Waals surface area contributed by atoms with E-state index in [4.69, 9.17) is 31.0 Å². The van der Waals surface area contributed by atoms with Gasteiger partial charge in [-0.2, -0.15) is 20.2 Å². The van der Waals surface area contributed by atoms with Crippen molar-refractivity contribution < 1.29 is 9.47 Å². The number of rotatable bonds is 9. The lowest BCUT2D eigenvalue weighted by atomic mass is 10.2. The number of nitrogens with one attached hydrogen (secondary N) is 1. The summed E-state index contributed by atoms with van der Waals surface area (Å²) in [4.78, 5) is 45.2. The summed E-state index contributed by atoms with van der Waals surface area (Å²) in [6.07, 6.45) is 15.4. The summed E-state index contributed by atoms with van der Waals surface area (Å²) in [5.74, 6) is 3.41. The fourth-order valence-corrected chi connectivity index (χ4v) is 7.48. The van der Waals surface area contributed by atoms with E-state index in [1.165, 1.54) is 12.7 Å². The molecule has 0 aliphatic carbocycles. The van der Waals surface area contributed by atoms with Gasteiger partial charge in [0.1, 0.15) is 36.5 Å². The highest BCUT2D eigenvalue weighted by Crippen LogP contribution is 2.31. The van der Waals surface area contributed by atoms with E-state index in [0.29, 0.717) is 34.6 Å².